The van der Waals surface area contributed by atoms with Gasteiger partial charge < -0.3 is 15.4 Å². The first kappa shape index (κ1) is 24.8. The summed E-state index contributed by atoms with van der Waals surface area (Å²) in [5.74, 6) is -3.39. The van der Waals surface area contributed by atoms with E-state index < -0.39 is 24.0 Å². The first-order valence-electron chi connectivity index (χ1n) is 12.5. The van der Waals surface area contributed by atoms with Crippen molar-refractivity contribution in [3.8, 4) is 0 Å². The third-order valence-electron chi connectivity index (χ3n) is 7.51. The summed E-state index contributed by atoms with van der Waals surface area (Å²) in [6.07, 6.45) is 1.40. The molecule has 3 aromatic rings. The van der Waals surface area contributed by atoms with Crippen LogP contribution in [0.5, 0.6) is 0 Å². The van der Waals surface area contributed by atoms with Crippen molar-refractivity contribution in [2.45, 2.75) is 70.2 Å². The lowest BCUT2D eigenvalue weighted by molar-refractivity contribution is -0.122. The van der Waals surface area contributed by atoms with Gasteiger partial charge in [0.15, 0.2) is 5.82 Å². The quantitative estimate of drug-likeness (QED) is 0.350. The number of rotatable bonds is 8. The summed E-state index contributed by atoms with van der Waals surface area (Å²) in [6, 6.07) is 4.47. The standard InChI is InChI=1S/C25H31F3N6O2/c1-2-34-18(8-12-30-34)24(36)33-20(14-5-9-25(27,28)10-6-14)22-31-17-4-3-15(19(26)21(17)32-22)13-16-7-11-29-23(16)35/h3-4,8,12,14,16,20,24,33,36H,2,5-7,9-11,13H2,1H3,(H,29,35)(H,31,32)/t16-,20-,24?/m0/s1. The minimum absolute atomic E-state index is 0.0733. The zero-order valence-electron chi connectivity index (χ0n) is 20.1. The second kappa shape index (κ2) is 9.85. The Balaban J connectivity index is 1.45. The molecule has 1 amide bonds. The number of nitrogens with zero attached hydrogens (tertiary/aromatic N) is 3. The van der Waals surface area contributed by atoms with E-state index in [4.69, 9.17) is 0 Å². The largest absolute Gasteiger partial charge is 0.373 e. The van der Waals surface area contributed by atoms with Gasteiger partial charge in [0.05, 0.1) is 17.3 Å². The van der Waals surface area contributed by atoms with Crippen LogP contribution in [0.1, 0.15) is 68.4 Å². The van der Waals surface area contributed by atoms with Gasteiger partial charge in [0.2, 0.25) is 11.8 Å². The first-order chi connectivity index (χ1) is 17.3. The lowest BCUT2D eigenvalue weighted by atomic mass is 9.81. The summed E-state index contributed by atoms with van der Waals surface area (Å²) >= 11 is 0. The second-order valence-electron chi connectivity index (χ2n) is 9.85. The monoisotopic (exact) mass is 504 g/mol. The number of carbonyl (C=O) groups excluding carboxylic acids is 1. The van der Waals surface area contributed by atoms with E-state index in [9.17, 15) is 18.7 Å². The first-order valence-corrected chi connectivity index (χ1v) is 12.5. The minimum Gasteiger partial charge on any atom is -0.373 e. The molecule has 11 heteroatoms. The summed E-state index contributed by atoms with van der Waals surface area (Å²) in [4.78, 5) is 19.7. The third-order valence-corrected chi connectivity index (χ3v) is 7.51. The molecule has 36 heavy (non-hydrogen) atoms. The van der Waals surface area contributed by atoms with Crippen LogP contribution in [0.3, 0.4) is 0 Å². The maximum absolute atomic E-state index is 15.5. The van der Waals surface area contributed by atoms with Crippen LogP contribution in [0.15, 0.2) is 24.4 Å². The molecular weight excluding hydrogens is 473 g/mol. The number of aliphatic hydroxyl groups is 1. The Morgan fingerprint density at radius 3 is 2.72 bits per heavy atom. The van der Waals surface area contributed by atoms with Gasteiger partial charge in [-0.25, -0.2) is 18.2 Å². The van der Waals surface area contributed by atoms with Gasteiger partial charge in [-0.15, -0.1) is 0 Å². The molecular formula is C25H31F3N6O2. The lowest BCUT2D eigenvalue weighted by Crippen LogP contribution is -2.37. The van der Waals surface area contributed by atoms with Gasteiger partial charge in [0.25, 0.3) is 0 Å². The number of imidazole rings is 1. The third kappa shape index (κ3) is 4.86. The van der Waals surface area contributed by atoms with E-state index in [0.29, 0.717) is 42.1 Å². The van der Waals surface area contributed by atoms with Crippen molar-refractivity contribution >= 4 is 16.9 Å². The molecule has 1 saturated carbocycles. The highest BCUT2D eigenvalue weighted by Crippen LogP contribution is 2.42. The zero-order valence-corrected chi connectivity index (χ0v) is 20.1. The minimum atomic E-state index is -2.71. The summed E-state index contributed by atoms with van der Waals surface area (Å²) in [5, 5.41) is 21.1. The molecule has 1 aliphatic heterocycles. The van der Waals surface area contributed by atoms with Gasteiger partial charge >= 0.3 is 0 Å². The number of hydrogen-bond donors (Lipinski definition) is 4. The van der Waals surface area contributed by atoms with Crippen molar-refractivity contribution < 1.29 is 23.1 Å². The van der Waals surface area contributed by atoms with Gasteiger partial charge in [0, 0.05) is 38.0 Å². The molecule has 0 radical (unpaired) electrons. The van der Waals surface area contributed by atoms with E-state index in [0.717, 1.165) is 0 Å². The van der Waals surface area contributed by atoms with Crippen LogP contribution in [0, 0.1) is 17.7 Å². The molecule has 5 rings (SSSR count). The van der Waals surface area contributed by atoms with Crippen LogP contribution in [-0.4, -0.2) is 43.2 Å². The number of H-pyrrole nitrogens is 1. The number of aliphatic hydroxyl groups excluding tert-OH is 1. The number of amides is 1. The Bertz CT molecular complexity index is 1230. The average Bonchev–Trinajstić information content (AvgIpc) is 3.59. The van der Waals surface area contributed by atoms with Gasteiger partial charge in [-0.05, 0) is 56.2 Å². The number of benzene rings is 1. The summed E-state index contributed by atoms with van der Waals surface area (Å²) in [5.41, 5.74) is 1.57. The molecule has 1 unspecified atom stereocenters. The average molecular weight is 505 g/mol. The number of aryl methyl sites for hydroxylation is 1. The van der Waals surface area contributed by atoms with Crippen LogP contribution in [0.25, 0.3) is 11.0 Å². The molecule has 2 fully saturated rings. The highest BCUT2D eigenvalue weighted by molar-refractivity contribution is 5.81. The topological polar surface area (TPSA) is 108 Å². The molecule has 1 aliphatic carbocycles. The molecule has 0 bridgehead atoms. The summed E-state index contributed by atoms with van der Waals surface area (Å²) < 4.78 is 44.9. The van der Waals surface area contributed by atoms with Crippen LogP contribution in [-0.2, 0) is 17.8 Å². The van der Waals surface area contributed by atoms with Crippen LogP contribution in [0.4, 0.5) is 13.2 Å². The second-order valence-corrected chi connectivity index (χ2v) is 9.85. The van der Waals surface area contributed by atoms with Crippen LogP contribution < -0.4 is 10.6 Å². The number of aromatic nitrogens is 4. The van der Waals surface area contributed by atoms with E-state index in [1.807, 2.05) is 6.92 Å². The number of halogens is 3. The SMILES string of the molecule is CCn1nccc1C(O)N[C@H](c1nc2c(F)c(C[C@@H]3CCNC3=O)ccc2[nH]1)C1CCC(F)(F)CC1. The maximum Gasteiger partial charge on any atom is 0.248 e. The molecule has 2 aromatic heterocycles. The molecule has 1 aromatic carbocycles. The Hall–Kier alpha value is -2.92. The van der Waals surface area contributed by atoms with Crippen molar-refractivity contribution in [1.82, 2.24) is 30.4 Å². The Morgan fingerprint density at radius 2 is 2.03 bits per heavy atom. The van der Waals surface area contributed by atoms with E-state index in [2.05, 4.69) is 25.7 Å². The smallest absolute Gasteiger partial charge is 0.248 e. The van der Waals surface area contributed by atoms with Crippen molar-refractivity contribution in [1.29, 1.82) is 0 Å². The van der Waals surface area contributed by atoms with E-state index in [1.165, 1.54) is 0 Å². The number of nitrogens with one attached hydrogen (secondary N) is 3. The molecule has 3 atom stereocenters. The fraction of sp³-hybridized carbons (Fsp3) is 0.560. The van der Waals surface area contributed by atoms with Gasteiger partial charge in [-0.1, -0.05) is 6.07 Å². The van der Waals surface area contributed by atoms with Crippen molar-refractivity contribution in [2.75, 3.05) is 6.54 Å². The normalized spacial score (nSPS) is 22.1. The molecule has 0 spiro atoms. The summed E-state index contributed by atoms with van der Waals surface area (Å²) in [7, 11) is 0. The zero-order chi connectivity index (χ0) is 25.4. The summed E-state index contributed by atoms with van der Waals surface area (Å²) in [6.45, 7) is 3.05. The molecule has 2 aliphatic rings. The van der Waals surface area contributed by atoms with Crippen LogP contribution >= 0.6 is 0 Å². The number of alkyl halides is 2. The van der Waals surface area contributed by atoms with Gasteiger partial charge in [-0.3, -0.25) is 14.8 Å². The molecule has 3 heterocycles. The highest BCUT2D eigenvalue weighted by Gasteiger charge is 2.40. The van der Waals surface area contributed by atoms with Crippen molar-refractivity contribution in [2.24, 2.45) is 11.8 Å². The Morgan fingerprint density at radius 1 is 1.25 bits per heavy atom. The number of fused-ring (bicyclic) bond motifs is 1. The van der Waals surface area contributed by atoms with Crippen molar-refractivity contribution in [3.05, 3.63) is 47.3 Å². The van der Waals surface area contributed by atoms with Crippen LogP contribution in [0.2, 0.25) is 0 Å². The lowest BCUT2D eigenvalue weighted by Gasteiger charge is -2.34. The Kier molecular flexibility index (Phi) is 6.78. The van der Waals surface area contributed by atoms with E-state index in [-0.39, 0.29) is 55.4 Å². The number of aromatic amines is 1. The fourth-order valence-corrected chi connectivity index (χ4v) is 5.44. The predicted molar refractivity (Wildman–Crippen MR) is 127 cm³/mol. The molecule has 1 saturated heterocycles. The van der Waals surface area contributed by atoms with Crippen molar-refractivity contribution in [3.63, 3.8) is 0 Å². The fourth-order valence-electron chi connectivity index (χ4n) is 5.44. The number of hydrogen-bond acceptors (Lipinski definition) is 5. The molecule has 4 N–H and O–H groups in total. The number of carbonyl (C=O) groups is 1. The van der Waals surface area contributed by atoms with E-state index >= 15 is 4.39 Å². The van der Waals surface area contributed by atoms with Gasteiger partial charge in [-0.2, -0.15) is 5.10 Å². The highest BCUT2D eigenvalue weighted by atomic mass is 19.3. The predicted octanol–water partition coefficient (Wildman–Crippen LogP) is 3.74. The van der Waals surface area contributed by atoms with Gasteiger partial charge in [0.1, 0.15) is 17.6 Å². The van der Waals surface area contributed by atoms with E-state index in [1.54, 1.807) is 29.1 Å². The molecule has 8 nitrogen and oxygen atoms in total. The maximum atomic E-state index is 15.5. The molecule has 194 valence electrons. The Labute approximate surface area is 206 Å².